The summed E-state index contributed by atoms with van der Waals surface area (Å²) in [5.74, 6) is 0. The van der Waals surface area contributed by atoms with Gasteiger partial charge in [0.15, 0.2) is 0 Å². The number of imidazole rings is 1. The van der Waals surface area contributed by atoms with Gasteiger partial charge >= 0.3 is 0 Å². The van der Waals surface area contributed by atoms with Crippen molar-refractivity contribution in [3.8, 4) is 0 Å². The Labute approximate surface area is 122 Å². The third kappa shape index (κ3) is 4.09. The van der Waals surface area contributed by atoms with Gasteiger partial charge in [-0.05, 0) is 63.7 Å². The summed E-state index contributed by atoms with van der Waals surface area (Å²) in [6.45, 7) is 6.41. The van der Waals surface area contributed by atoms with Gasteiger partial charge in [-0.2, -0.15) is 0 Å². The van der Waals surface area contributed by atoms with Crippen molar-refractivity contribution in [1.29, 1.82) is 0 Å². The minimum Gasteiger partial charge on any atom is -0.348 e. The number of hydrogen-bond donors (Lipinski definition) is 1. The maximum atomic E-state index is 4.26. The molecule has 0 aliphatic carbocycles. The van der Waals surface area contributed by atoms with E-state index in [0.717, 1.165) is 17.8 Å². The molecule has 0 saturated carbocycles. The maximum Gasteiger partial charge on any atom is 0.0929 e. The quantitative estimate of drug-likeness (QED) is 0.752. The predicted molar refractivity (Wildman–Crippen MR) is 85.8 cm³/mol. The molecule has 20 heavy (non-hydrogen) atoms. The Morgan fingerprint density at radius 3 is 2.70 bits per heavy atom. The van der Waals surface area contributed by atoms with Crippen molar-refractivity contribution < 1.29 is 0 Å². The minimum absolute atomic E-state index is 1.05. The molecule has 0 spiro atoms. The van der Waals surface area contributed by atoms with Gasteiger partial charge in [-0.1, -0.05) is 29.8 Å². The number of unbranched alkanes of at least 4 members (excludes halogenated alkanes) is 2. The molecule has 0 saturated heterocycles. The highest BCUT2D eigenvalue weighted by atomic mass is 14.9. The Morgan fingerprint density at radius 1 is 1.15 bits per heavy atom. The van der Waals surface area contributed by atoms with Gasteiger partial charge < -0.3 is 4.98 Å². The molecule has 0 unspecified atom stereocenters. The molecule has 2 nitrogen and oxygen atoms in total. The number of hydrogen-bond acceptors (Lipinski definition) is 1. The van der Waals surface area contributed by atoms with Gasteiger partial charge in [0.2, 0.25) is 0 Å². The number of allylic oxidation sites excluding steroid dienone is 1. The van der Waals surface area contributed by atoms with Crippen LogP contribution < -0.4 is 0 Å². The van der Waals surface area contributed by atoms with Crippen LogP contribution in [0.4, 0.5) is 0 Å². The van der Waals surface area contributed by atoms with Crippen molar-refractivity contribution in [2.24, 2.45) is 0 Å². The van der Waals surface area contributed by atoms with Gasteiger partial charge in [0.25, 0.3) is 0 Å². The highest BCUT2D eigenvalue weighted by Gasteiger charge is 1.98. The molecule has 2 aromatic rings. The molecular formula is C18H24N2. The second-order valence-corrected chi connectivity index (χ2v) is 5.49. The van der Waals surface area contributed by atoms with Crippen molar-refractivity contribution in [3.63, 3.8) is 0 Å². The zero-order chi connectivity index (χ0) is 14.4. The van der Waals surface area contributed by atoms with E-state index in [2.05, 4.69) is 54.2 Å². The van der Waals surface area contributed by atoms with Gasteiger partial charge in [0.1, 0.15) is 0 Å². The fraction of sp³-hybridized carbons (Fsp3) is 0.389. The number of aromatic amines is 1. The lowest BCUT2D eigenvalue weighted by Gasteiger charge is -2.06. The fourth-order valence-electron chi connectivity index (χ4n) is 2.44. The highest BCUT2D eigenvalue weighted by molar-refractivity contribution is 5.46. The van der Waals surface area contributed by atoms with Gasteiger partial charge in [0, 0.05) is 5.69 Å². The van der Waals surface area contributed by atoms with Crippen molar-refractivity contribution in [3.05, 3.63) is 58.7 Å². The van der Waals surface area contributed by atoms with E-state index in [1.54, 1.807) is 6.33 Å². The summed E-state index contributed by atoms with van der Waals surface area (Å²) in [6.07, 6.45) is 10.9. The zero-order valence-corrected chi connectivity index (χ0v) is 12.7. The topological polar surface area (TPSA) is 28.7 Å². The van der Waals surface area contributed by atoms with Crippen LogP contribution in [-0.4, -0.2) is 9.97 Å². The summed E-state index contributed by atoms with van der Waals surface area (Å²) in [4.78, 5) is 7.35. The summed E-state index contributed by atoms with van der Waals surface area (Å²) in [7, 11) is 0. The van der Waals surface area contributed by atoms with Crippen LogP contribution in [0.1, 0.15) is 47.3 Å². The number of aromatic nitrogens is 2. The summed E-state index contributed by atoms with van der Waals surface area (Å²) in [5, 5.41) is 0. The number of H-pyrrole nitrogens is 1. The Hall–Kier alpha value is -1.83. The third-order valence-corrected chi connectivity index (χ3v) is 3.71. The SMILES string of the molecule is Cc1ccc(CCCC/C=C/c2nc[nH]c2C)c(C)c1. The molecular weight excluding hydrogens is 244 g/mol. The molecule has 0 radical (unpaired) electrons. The Bertz CT molecular complexity index is 579. The number of rotatable bonds is 6. The number of aryl methyl sites for hydroxylation is 4. The molecule has 1 aromatic carbocycles. The van der Waals surface area contributed by atoms with Crippen LogP contribution in [0, 0.1) is 20.8 Å². The summed E-state index contributed by atoms with van der Waals surface area (Å²) < 4.78 is 0. The molecule has 0 bridgehead atoms. The van der Waals surface area contributed by atoms with Crippen molar-refractivity contribution in [1.82, 2.24) is 9.97 Å². The first-order chi connectivity index (χ1) is 9.66. The van der Waals surface area contributed by atoms with Crippen molar-refractivity contribution in [2.75, 3.05) is 0 Å². The molecule has 2 heteroatoms. The summed E-state index contributed by atoms with van der Waals surface area (Å²) in [5.41, 5.74) is 6.45. The predicted octanol–water partition coefficient (Wildman–Crippen LogP) is 4.76. The smallest absolute Gasteiger partial charge is 0.0929 e. The van der Waals surface area contributed by atoms with Crippen LogP contribution in [0.3, 0.4) is 0 Å². The van der Waals surface area contributed by atoms with Crippen LogP contribution in [-0.2, 0) is 6.42 Å². The molecule has 0 aliphatic rings. The molecule has 1 aromatic heterocycles. The Balaban J connectivity index is 1.72. The summed E-state index contributed by atoms with van der Waals surface area (Å²) in [6, 6.07) is 6.76. The van der Waals surface area contributed by atoms with E-state index in [1.165, 1.54) is 36.0 Å². The molecule has 2 rings (SSSR count). The van der Waals surface area contributed by atoms with Crippen LogP contribution in [0.5, 0.6) is 0 Å². The molecule has 106 valence electrons. The van der Waals surface area contributed by atoms with Crippen LogP contribution in [0.2, 0.25) is 0 Å². The lowest BCUT2D eigenvalue weighted by molar-refractivity contribution is 0.746. The minimum atomic E-state index is 1.05. The molecule has 0 atom stereocenters. The second-order valence-electron chi connectivity index (χ2n) is 5.49. The lowest BCUT2D eigenvalue weighted by Crippen LogP contribution is -1.90. The van der Waals surface area contributed by atoms with Crippen LogP contribution >= 0.6 is 0 Å². The van der Waals surface area contributed by atoms with E-state index in [4.69, 9.17) is 0 Å². The van der Waals surface area contributed by atoms with Crippen molar-refractivity contribution >= 4 is 6.08 Å². The first-order valence-electron chi connectivity index (χ1n) is 7.39. The Kier molecular flexibility index (Phi) is 5.16. The van der Waals surface area contributed by atoms with Crippen molar-refractivity contribution in [2.45, 2.75) is 46.5 Å². The van der Waals surface area contributed by atoms with E-state index >= 15 is 0 Å². The van der Waals surface area contributed by atoms with E-state index < -0.39 is 0 Å². The Morgan fingerprint density at radius 2 is 2.00 bits per heavy atom. The first kappa shape index (κ1) is 14.6. The third-order valence-electron chi connectivity index (χ3n) is 3.71. The molecule has 0 fully saturated rings. The van der Waals surface area contributed by atoms with Gasteiger partial charge in [0.05, 0.1) is 12.0 Å². The number of nitrogens with one attached hydrogen (secondary N) is 1. The van der Waals surface area contributed by atoms with Gasteiger partial charge in [-0.3, -0.25) is 0 Å². The van der Waals surface area contributed by atoms with E-state index in [0.29, 0.717) is 0 Å². The maximum absolute atomic E-state index is 4.26. The standard InChI is InChI=1S/C18H24N2/c1-14-10-11-17(15(2)12-14)8-6-4-5-7-9-18-16(3)19-13-20-18/h7,9-13H,4-6,8H2,1-3H3,(H,19,20)/b9-7+. The molecule has 1 N–H and O–H groups in total. The molecule has 0 aliphatic heterocycles. The van der Waals surface area contributed by atoms with Crippen LogP contribution in [0.25, 0.3) is 6.08 Å². The van der Waals surface area contributed by atoms with E-state index in [9.17, 15) is 0 Å². The van der Waals surface area contributed by atoms with Crippen LogP contribution in [0.15, 0.2) is 30.6 Å². The normalized spacial score (nSPS) is 11.3. The first-order valence-corrected chi connectivity index (χ1v) is 7.39. The highest BCUT2D eigenvalue weighted by Crippen LogP contribution is 2.14. The van der Waals surface area contributed by atoms with Gasteiger partial charge in [-0.25, -0.2) is 4.98 Å². The zero-order valence-electron chi connectivity index (χ0n) is 12.7. The fourth-order valence-corrected chi connectivity index (χ4v) is 2.44. The lowest BCUT2D eigenvalue weighted by atomic mass is 10.0. The van der Waals surface area contributed by atoms with E-state index in [1.807, 2.05) is 6.92 Å². The largest absolute Gasteiger partial charge is 0.348 e. The average Bonchev–Trinajstić information content (AvgIpc) is 2.81. The monoisotopic (exact) mass is 268 g/mol. The second kappa shape index (κ2) is 7.09. The summed E-state index contributed by atoms with van der Waals surface area (Å²) >= 11 is 0. The van der Waals surface area contributed by atoms with E-state index in [-0.39, 0.29) is 0 Å². The number of nitrogens with zero attached hydrogens (tertiary/aromatic N) is 1. The van der Waals surface area contributed by atoms with Gasteiger partial charge in [-0.15, -0.1) is 0 Å². The molecule has 1 heterocycles. The molecule has 0 amide bonds. The number of benzene rings is 1. The average molecular weight is 268 g/mol.